The largest absolute Gasteiger partial charge is 0.352 e. The van der Waals surface area contributed by atoms with E-state index in [-0.39, 0.29) is 5.92 Å². The SMILES string of the molecule is CC(=O)OOc1ccc(OO)cc1C(C)C. The van der Waals surface area contributed by atoms with Gasteiger partial charge in [0, 0.05) is 12.5 Å². The normalized spacial score (nSPS) is 10.1. The fourth-order valence-electron chi connectivity index (χ4n) is 1.21. The molecule has 16 heavy (non-hydrogen) atoms. The third-order valence-corrected chi connectivity index (χ3v) is 1.96. The minimum Gasteiger partial charge on any atom is -0.340 e. The summed E-state index contributed by atoms with van der Waals surface area (Å²) in [5, 5.41) is 8.53. The molecule has 88 valence electrons. The minimum atomic E-state index is -0.530. The van der Waals surface area contributed by atoms with E-state index >= 15 is 0 Å². The molecule has 0 saturated carbocycles. The van der Waals surface area contributed by atoms with Crippen molar-refractivity contribution >= 4 is 5.97 Å². The van der Waals surface area contributed by atoms with E-state index in [2.05, 4.69) is 9.78 Å². The second-order valence-electron chi connectivity index (χ2n) is 3.60. The van der Waals surface area contributed by atoms with Crippen molar-refractivity contribution in [1.29, 1.82) is 0 Å². The zero-order valence-corrected chi connectivity index (χ0v) is 9.39. The molecular formula is C11H14O5. The predicted octanol–water partition coefficient (Wildman–Crippen LogP) is 2.52. The van der Waals surface area contributed by atoms with E-state index in [0.717, 1.165) is 5.56 Å². The Hall–Kier alpha value is -1.75. The highest BCUT2D eigenvalue weighted by Gasteiger charge is 2.12. The van der Waals surface area contributed by atoms with E-state index in [1.165, 1.54) is 13.0 Å². The molecule has 0 spiro atoms. The highest BCUT2D eigenvalue weighted by Crippen LogP contribution is 2.30. The Morgan fingerprint density at radius 3 is 2.56 bits per heavy atom. The van der Waals surface area contributed by atoms with Crippen LogP contribution in [0.3, 0.4) is 0 Å². The van der Waals surface area contributed by atoms with Crippen LogP contribution in [0, 0.1) is 0 Å². The summed E-state index contributed by atoms with van der Waals surface area (Å²) in [5.74, 6) is 0.336. The molecular weight excluding hydrogens is 212 g/mol. The summed E-state index contributed by atoms with van der Waals surface area (Å²) in [6.45, 7) is 5.13. The standard InChI is InChI=1S/C11H14O5/c1-7(2)10-6-9(14-13)4-5-11(10)16-15-8(3)12/h4-7,13H,1-3H3. The molecule has 0 aliphatic carbocycles. The van der Waals surface area contributed by atoms with Crippen LogP contribution in [0.1, 0.15) is 32.3 Å². The van der Waals surface area contributed by atoms with E-state index in [0.29, 0.717) is 11.5 Å². The van der Waals surface area contributed by atoms with Crippen molar-refractivity contribution in [3.8, 4) is 11.5 Å². The molecule has 0 fully saturated rings. The van der Waals surface area contributed by atoms with Crippen LogP contribution in [0.25, 0.3) is 0 Å². The third kappa shape index (κ3) is 3.13. The molecule has 0 aliphatic heterocycles. The molecule has 1 aromatic carbocycles. The van der Waals surface area contributed by atoms with Crippen LogP contribution in [0.5, 0.6) is 11.5 Å². The second kappa shape index (κ2) is 5.37. The summed E-state index contributed by atoms with van der Waals surface area (Å²) in [7, 11) is 0. The summed E-state index contributed by atoms with van der Waals surface area (Å²) in [6, 6.07) is 4.68. The van der Waals surface area contributed by atoms with Gasteiger partial charge in [0.1, 0.15) is 0 Å². The van der Waals surface area contributed by atoms with Crippen molar-refractivity contribution < 1.29 is 24.7 Å². The monoisotopic (exact) mass is 226 g/mol. The maximum atomic E-state index is 10.6. The van der Waals surface area contributed by atoms with Gasteiger partial charge in [-0.15, -0.1) is 0 Å². The van der Waals surface area contributed by atoms with Gasteiger partial charge in [-0.25, -0.2) is 10.1 Å². The molecule has 5 nitrogen and oxygen atoms in total. The quantitative estimate of drug-likeness (QED) is 0.631. The van der Waals surface area contributed by atoms with Gasteiger partial charge in [-0.05, 0) is 24.1 Å². The van der Waals surface area contributed by atoms with Crippen LogP contribution in [0.15, 0.2) is 18.2 Å². The summed E-state index contributed by atoms with van der Waals surface area (Å²) in [5.41, 5.74) is 0.771. The van der Waals surface area contributed by atoms with Crippen molar-refractivity contribution in [3.63, 3.8) is 0 Å². The minimum absolute atomic E-state index is 0.139. The molecule has 0 bridgehead atoms. The van der Waals surface area contributed by atoms with Crippen LogP contribution in [0.2, 0.25) is 0 Å². The summed E-state index contributed by atoms with van der Waals surface area (Å²) >= 11 is 0. The third-order valence-electron chi connectivity index (χ3n) is 1.96. The van der Waals surface area contributed by atoms with E-state index in [9.17, 15) is 4.79 Å². The molecule has 0 amide bonds. The first-order valence-electron chi connectivity index (χ1n) is 4.85. The highest BCUT2D eigenvalue weighted by atomic mass is 17.2. The Morgan fingerprint density at radius 2 is 2.06 bits per heavy atom. The summed E-state index contributed by atoms with van der Waals surface area (Å²) in [6.07, 6.45) is 0. The van der Waals surface area contributed by atoms with Gasteiger partial charge >= 0.3 is 5.97 Å². The van der Waals surface area contributed by atoms with Crippen molar-refractivity contribution in [2.45, 2.75) is 26.7 Å². The Labute approximate surface area is 93.4 Å². The van der Waals surface area contributed by atoms with Gasteiger partial charge in [-0.1, -0.05) is 13.8 Å². The van der Waals surface area contributed by atoms with Crippen molar-refractivity contribution in [1.82, 2.24) is 0 Å². The molecule has 0 aromatic heterocycles. The van der Waals surface area contributed by atoms with Gasteiger partial charge in [0.25, 0.3) is 0 Å². The van der Waals surface area contributed by atoms with Gasteiger partial charge in [0.05, 0.1) is 0 Å². The van der Waals surface area contributed by atoms with Gasteiger partial charge in [-0.3, -0.25) is 9.78 Å². The van der Waals surface area contributed by atoms with E-state index in [1.807, 2.05) is 13.8 Å². The fourth-order valence-corrected chi connectivity index (χ4v) is 1.21. The average molecular weight is 226 g/mol. The second-order valence-corrected chi connectivity index (χ2v) is 3.60. The van der Waals surface area contributed by atoms with E-state index in [4.69, 9.17) is 10.1 Å². The lowest BCUT2D eigenvalue weighted by Crippen LogP contribution is -2.05. The predicted molar refractivity (Wildman–Crippen MR) is 56.2 cm³/mol. The summed E-state index contributed by atoms with van der Waals surface area (Å²) < 4.78 is 0. The van der Waals surface area contributed by atoms with Crippen LogP contribution in [-0.4, -0.2) is 11.2 Å². The van der Waals surface area contributed by atoms with Gasteiger partial charge in [0.15, 0.2) is 11.5 Å². The Morgan fingerprint density at radius 1 is 1.38 bits per heavy atom. The van der Waals surface area contributed by atoms with Gasteiger partial charge in [-0.2, -0.15) is 0 Å². The number of hydrogen-bond donors (Lipinski definition) is 1. The lowest BCUT2D eigenvalue weighted by Gasteiger charge is -2.12. The number of carbonyl (C=O) groups excluding carboxylic acids is 1. The lowest BCUT2D eigenvalue weighted by atomic mass is 10.0. The van der Waals surface area contributed by atoms with E-state index in [1.54, 1.807) is 12.1 Å². The van der Waals surface area contributed by atoms with Crippen molar-refractivity contribution in [2.75, 3.05) is 0 Å². The Kier molecular flexibility index (Phi) is 4.13. The first-order valence-corrected chi connectivity index (χ1v) is 4.85. The molecule has 0 aliphatic rings. The maximum Gasteiger partial charge on any atom is 0.352 e. The Bertz CT molecular complexity index is 373. The molecule has 5 heteroatoms. The summed E-state index contributed by atoms with van der Waals surface area (Å²) in [4.78, 5) is 24.1. The number of hydrogen-bond acceptors (Lipinski definition) is 5. The average Bonchev–Trinajstić information content (AvgIpc) is 2.25. The molecule has 1 N–H and O–H groups in total. The Balaban J connectivity index is 2.93. The highest BCUT2D eigenvalue weighted by molar-refractivity contribution is 5.65. The van der Waals surface area contributed by atoms with Crippen LogP contribution in [0.4, 0.5) is 0 Å². The molecule has 0 radical (unpaired) electrons. The topological polar surface area (TPSA) is 65.0 Å². The zero-order chi connectivity index (χ0) is 12.1. The molecule has 0 atom stereocenters. The van der Waals surface area contributed by atoms with Crippen LogP contribution in [-0.2, 0) is 9.68 Å². The molecule has 0 saturated heterocycles. The molecule has 1 rings (SSSR count). The maximum absolute atomic E-state index is 10.6. The van der Waals surface area contributed by atoms with Crippen molar-refractivity contribution in [3.05, 3.63) is 23.8 Å². The smallest absolute Gasteiger partial charge is 0.340 e. The van der Waals surface area contributed by atoms with E-state index < -0.39 is 5.97 Å². The lowest BCUT2D eigenvalue weighted by molar-refractivity contribution is -0.211. The zero-order valence-electron chi connectivity index (χ0n) is 9.39. The molecule has 0 unspecified atom stereocenters. The van der Waals surface area contributed by atoms with Gasteiger partial charge < -0.3 is 4.89 Å². The van der Waals surface area contributed by atoms with Gasteiger partial charge in [0.2, 0.25) is 0 Å². The van der Waals surface area contributed by atoms with Crippen molar-refractivity contribution in [2.24, 2.45) is 0 Å². The number of benzene rings is 1. The molecule has 0 heterocycles. The first-order chi connectivity index (χ1) is 7.54. The first kappa shape index (κ1) is 12.3. The fraction of sp³-hybridized carbons (Fsp3) is 0.364. The number of rotatable bonds is 4. The number of carbonyl (C=O) groups is 1. The van der Waals surface area contributed by atoms with Crippen LogP contribution < -0.4 is 9.78 Å². The molecule has 1 aromatic rings. The van der Waals surface area contributed by atoms with Crippen LogP contribution >= 0.6 is 0 Å².